The maximum absolute atomic E-state index is 5.58. The number of rotatable bonds is 4. The summed E-state index contributed by atoms with van der Waals surface area (Å²) in [5.41, 5.74) is 0. The second-order valence-corrected chi connectivity index (χ2v) is 4.53. The molecule has 0 saturated carbocycles. The predicted octanol–water partition coefficient (Wildman–Crippen LogP) is 1.34. The van der Waals surface area contributed by atoms with Crippen LogP contribution in [0.5, 0.6) is 0 Å². The summed E-state index contributed by atoms with van der Waals surface area (Å²) in [5.74, 6) is 0. The van der Waals surface area contributed by atoms with Gasteiger partial charge in [-0.15, -0.1) is 11.3 Å². The zero-order valence-electron chi connectivity index (χ0n) is 8.86. The number of ether oxygens (including phenoxy) is 2. The number of hydrogen-bond donors (Lipinski definition) is 1. The molecule has 5 heteroatoms. The van der Waals surface area contributed by atoms with E-state index in [4.69, 9.17) is 9.47 Å². The van der Waals surface area contributed by atoms with Crippen LogP contribution in [0.1, 0.15) is 22.9 Å². The third kappa shape index (κ3) is 2.98. The summed E-state index contributed by atoms with van der Waals surface area (Å²) in [7, 11) is 0. The topological polar surface area (TPSA) is 43.4 Å². The Morgan fingerprint density at radius 2 is 2.53 bits per heavy atom. The van der Waals surface area contributed by atoms with Gasteiger partial charge in [0.15, 0.2) is 0 Å². The molecule has 0 aliphatic carbocycles. The Morgan fingerprint density at radius 1 is 1.60 bits per heavy atom. The lowest BCUT2D eigenvalue weighted by atomic mass is 10.4. The number of thiazole rings is 1. The van der Waals surface area contributed by atoms with Crippen LogP contribution in [0, 0.1) is 0 Å². The first-order valence-corrected chi connectivity index (χ1v) is 6.06. The Morgan fingerprint density at radius 3 is 3.27 bits per heavy atom. The van der Waals surface area contributed by atoms with Gasteiger partial charge in [0.05, 0.1) is 19.8 Å². The van der Waals surface area contributed by atoms with Crippen LogP contribution in [0.2, 0.25) is 0 Å². The highest BCUT2D eigenvalue weighted by molar-refractivity contribution is 7.11. The van der Waals surface area contributed by atoms with Gasteiger partial charge in [-0.3, -0.25) is 0 Å². The Bertz CT molecular complexity index is 297. The summed E-state index contributed by atoms with van der Waals surface area (Å²) in [5, 5.41) is 4.31. The van der Waals surface area contributed by atoms with Crippen LogP contribution in [-0.2, 0) is 16.0 Å². The van der Waals surface area contributed by atoms with Gasteiger partial charge < -0.3 is 14.8 Å². The highest BCUT2D eigenvalue weighted by Gasteiger charge is 2.19. The quantitative estimate of drug-likeness (QED) is 0.844. The van der Waals surface area contributed by atoms with Gasteiger partial charge in [-0.2, -0.15) is 0 Å². The summed E-state index contributed by atoms with van der Waals surface area (Å²) in [6, 6.07) is 0. The lowest BCUT2D eigenvalue weighted by Gasteiger charge is -2.20. The number of nitrogens with zero attached hydrogens (tertiary/aromatic N) is 1. The van der Waals surface area contributed by atoms with Crippen LogP contribution in [0.4, 0.5) is 0 Å². The fourth-order valence-corrected chi connectivity index (χ4v) is 2.35. The van der Waals surface area contributed by atoms with Crippen molar-refractivity contribution in [2.75, 3.05) is 26.4 Å². The lowest BCUT2D eigenvalue weighted by Crippen LogP contribution is -2.21. The molecule has 1 atom stereocenters. The van der Waals surface area contributed by atoms with Crippen molar-refractivity contribution in [1.82, 2.24) is 10.3 Å². The van der Waals surface area contributed by atoms with Crippen LogP contribution >= 0.6 is 11.3 Å². The van der Waals surface area contributed by atoms with Gasteiger partial charge in [-0.1, -0.05) is 6.92 Å². The fraction of sp³-hybridized carbons (Fsp3) is 0.700. The van der Waals surface area contributed by atoms with E-state index in [0.717, 1.165) is 18.1 Å². The minimum Gasteiger partial charge on any atom is -0.376 e. The largest absolute Gasteiger partial charge is 0.376 e. The van der Waals surface area contributed by atoms with Crippen LogP contribution in [0.15, 0.2) is 6.20 Å². The summed E-state index contributed by atoms with van der Waals surface area (Å²) in [6.07, 6.45) is 1.96. The van der Waals surface area contributed by atoms with Crippen molar-refractivity contribution in [2.45, 2.75) is 19.6 Å². The van der Waals surface area contributed by atoms with E-state index in [9.17, 15) is 0 Å². The van der Waals surface area contributed by atoms with Crippen molar-refractivity contribution in [3.8, 4) is 0 Å². The smallest absolute Gasteiger partial charge is 0.132 e. The Balaban J connectivity index is 1.93. The molecule has 2 heterocycles. The molecule has 0 amide bonds. The number of hydrogen-bond acceptors (Lipinski definition) is 5. The van der Waals surface area contributed by atoms with E-state index >= 15 is 0 Å². The SMILES string of the molecule is CCNCc1cnc(C2COCCO2)s1. The van der Waals surface area contributed by atoms with E-state index in [2.05, 4.69) is 17.2 Å². The van der Waals surface area contributed by atoms with Crippen LogP contribution in [0.25, 0.3) is 0 Å². The van der Waals surface area contributed by atoms with Gasteiger partial charge in [0.2, 0.25) is 0 Å². The number of aromatic nitrogens is 1. The molecule has 1 N–H and O–H groups in total. The first-order valence-electron chi connectivity index (χ1n) is 5.25. The van der Waals surface area contributed by atoms with E-state index in [1.165, 1.54) is 4.88 Å². The molecule has 0 spiro atoms. The molecule has 1 aromatic heterocycles. The molecule has 1 fully saturated rings. The van der Waals surface area contributed by atoms with Gasteiger partial charge in [-0.05, 0) is 6.54 Å². The van der Waals surface area contributed by atoms with E-state index in [1.54, 1.807) is 11.3 Å². The number of nitrogens with one attached hydrogen (secondary N) is 1. The van der Waals surface area contributed by atoms with Crippen LogP contribution in [-0.4, -0.2) is 31.3 Å². The van der Waals surface area contributed by atoms with Crippen molar-refractivity contribution in [2.24, 2.45) is 0 Å². The highest BCUT2D eigenvalue weighted by atomic mass is 32.1. The van der Waals surface area contributed by atoms with E-state index in [1.807, 2.05) is 6.20 Å². The Kier molecular flexibility index (Phi) is 4.08. The molecular weight excluding hydrogens is 212 g/mol. The van der Waals surface area contributed by atoms with E-state index < -0.39 is 0 Å². The van der Waals surface area contributed by atoms with Gasteiger partial charge in [0, 0.05) is 17.6 Å². The molecule has 0 bridgehead atoms. The average Bonchev–Trinajstić information content (AvgIpc) is 2.76. The summed E-state index contributed by atoms with van der Waals surface area (Å²) < 4.78 is 10.9. The van der Waals surface area contributed by atoms with Crippen molar-refractivity contribution in [3.63, 3.8) is 0 Å². The van der Waals surface area contributed by atoms with Crippen LogP contribution in [0.3, 0.4) is 0 Å². The van der Waals surface area contributed by atoms with E-state index in [0.29, 0.717) is 19.8 Å². The first-order chi connectivity index (χ1) is 7.40. The third-order valence-electron chi connectivity index (χ3n) is 2.21. The molecule has 0 radical (unpaired) electrons. The molecule has 1 aliphatic heterocycles. The molecule has 1 aromatic rings. The van der Waals surface area contributed by atoms with Crippen LogP contribution < -0.4 is 5.32 Å². The van der Waals surface area contributed by atoms with Gasteiger partial charge in [-0.25, -0.2) is 4.98 Å². The van der Waals surface area contributed by atoms with E-state index in [-0.39, 0.29) is 6.10 Å². The third-order valence-corrected chi connectivity index (χ3v) is 3.30. The fourth-order valence-electron chi connectivity index (χ4n) is 1.43. The minimum atomic E-state index is 0.0409. The molecule has 84 valence electrons. The maximum atomic E-state index is 5.58. The van der Waals surface area contributed by atoms with Gasteiger partial charge in [0.1, 0.15) is 11.1 Å². The first kappa shape index (κ1) is 11.0. The maximum Gasteiger partial charge on any atom is 0.132 e. The standard InChI is InChI=1S/C10H16N2O2S/c1-2-11-5-8-6-12-10(15-8)9-7-13-3-4-14-9/h6,9,11H,2-5,7H2,1H3. The van der Waals surface area contributed by atoms with Crippen molar-refractivity contribution in [3.05, 3.63) is 16.1 Å². The summed E-state index contributed by atoms with van der Waals surface area (Å²) >= 11 is 1.70. The Labute approximate surface area is 93.6 Å². The zero-order valence-corrected chi connectivity index (χ0v) is 9.68. The zero-order chi connectivity index (χ0) is 10.5. The Hall–Kier alpha value is -0.490. The predicted molar refractivity (Wildman–Crippen MR) is 59.0 cm³/mol. The molecule has 0 aromatic carbocycles. The van der Waals surface area contributed by atoms with Crippen molar-refractivity contribution >= 4 is 11.3 Å². The van der Waals surface area contributed by atoms with Crippen molar-refractivity contribution < 1.29 is 9.47 Å². The lowest BCUT2D eigenvalue weighted by molar-refractivity contribution is -0.0901. The van der Waals surface area contributed by atoms with Gasteiger partial charge >= 0.3 is 0 Å². The second kappa shape index (κ2) is 5.55. The van der Waals surface area contributed by atoms with Gasteiger partial charge in [0.25, 0.3) is 0 Å². The second-order valence-electron chi connectivity index (χ2n) is 3.38. The molecule has 15 heavy (non-hydrogen) atoms. The molecule has 2 rings (SSSR count). The molecule has 4 nitrogen and oxygen atoms in total. The van der Waals surface area contributed by atoms with Crippen molar-refractivity contribution in [1.29, 1.82) is 0 Å². The molecule has 1 saturated heterocycles. The summed E-state index contributed by atoms with van der Waals surface area (Å²) in [4.78, 5) is 5.62. The molecule has 1 aliphatic rings. The molecular formula is C10H16N2O2S. The molecule has 1 unspecified atom stereocenters. The average molecular weight is 228 g/mol. The normalized spacial score (nSPS) is 21.8. The minimum absolute atomic E-state index is 0.0409. The monoisotopic (exact) mass is 228 g/mol. The highest BCUT2D eigenvalue weighted by Crippen LogP contribution is 2.25. The summed E-state index contributed by atoms with van der Waals surface area (Å²) in [6.45, 7) is 5.98.